The van der Waals surface area contributed by atoms with E-state index in [1.165, 1.54) is 6.20 Å². The van der Waals surface area contributed by atoms with Gasteiger partial charge in [0.1, 0.15) is 0 Å². The number of anilines is 1. The summed E-state index contributed by atoms with van der Waals surface area (Å²) in [6.07, 6.45) is 3.39. The first-order valence-electron chi connectivity index (χ1n) is 9.83. The molecule has 0 bridgehead atoms. The minimum absolute atomic E-state index is 0.0165. The van der Waals surface area contributed by atoms with E-state index in [1.54, 1.807) is 0 Å². The third kappa shape index (κ3) is 4.60. The fourth-order valence-electron chi connectivity index (χ4n) is 3.59. The van der Waals surface area contributed by atoms with Crippen LogP contribution in [0.4, 0.5) is 5.95 Å². The van der Waals surface area contributed by atoms with Crippen molar-refractivity contribution in [2.45, 2.75) is 25.6 Å². The summed E-state index contributed by atoms with van der Waals surface area (Å²) >= 11 is 0. The molecule has 0 aliphatic carbocycles. The van der Waals surface area contributed by atoms with Crippen LogP contribution in [0.15, 0.2) is 66.9 Å². The Hall–Kier alpha value is -3.25. The third-order valence-electron chi connectivity index (χ3n) is 5.08. The van der Waals surface area contributed by atoms with E-state index in [9.17, 15) is 4.79 Å². The van der Waals surface area contributed by atoms with Crippen LogP contribution >= 0.6 is 0 Å². The van der Waals surface area contributed by atoms with E-state index >= 15 is 0 Å². The molecule has 0 unspecified atom stereocenters. The van der Waals surface area contributed by atoms with Crippen LogP contribution in [-0.2, 0) is 11.3 Å². The Labute approximate surface area is 170 Å². The summed E-state index contributed by atoms with van der Waals surface area (Å²) in [5.41, 5.74) is 8.80. The molecule has 0 spiro atoms. The van der Waals surface area contributed by atoms with Crippen LogP contribution in [-0.4, -0.2) is 40.0 Å². The van der Waals surface area contributed by atoms with Gasteiger partial charge in [0.05, 0.1) is 24.0 Å². The van der Waals surface area contributed by atoms with Crippen molar-refractivity contribution in [3.63, 3.8) is 0 Å². The van der Waals surface area contributed by atoms with Gasteiger partial charge in [-0.25, -0.2) is 9.97 Å². The molecule has 0 saturated carbocycles. The largest absolute Gasteiger partial charge is 0.372 e. The summed E-state index contributed by atoms with van der Waals surface area (Å²) in [5, 5.41) is 0. The number of likely N-dealkylation sites (tertiary alicyclic amines) is 1. The average Bonchev–Trinajstić information content (AvgIpc) is 2.79. The average molecular weight is 388 g/mol. The second-order valence-electron chi connectivity index (χ2n) is 7.17. The zero-order valence-electron chi connectivity index (χ0n) is 16.2. The number of ether oxygens (including phenoxy) is 1. The lowest BCUT2D eigenvalue weighted by Gasteiger charge is -2.33. The molecule has 6 heteroatoms. The lowest BCUT2D eigenvalue weighted by atomic mass is 10.0. The second-order valence-corrected chi connectivity index (χ2v) is 7.17. The summed E-state index contributed by atoms with van der Waals surface area (Å²) in [6.45, 7) is 1.81. The molecular formula is C23H24N4O2. The number of carbonyl (C=O) groups is 1. The van der Waals surface area contributed by atoms with Crippen LogP contribution in [0.25, 0.3) is 11.3 Å². The molecule has 1 amide bonds. The highest BCUT2D eigenvalue weighted by atomic mass is 16.5. The highest BCUT2D eigenvalue weighted by molar-refractivity contribution is 5.99. The van der Waals surface area contributed by atoms with Crippen LogP contribution in [0.3, 0.4) is 0 Å². The number of rotatable bonds is 5. The number of nitrogens with two attached hydrogens (primary N) is 1. The fourth-order valence-corrected chi connectivity index (χ4v) is 3.59. The van der Waals surface area contributed by atoms with Crippen molar-refractivity contribution in [3.8, 4) is 11.3 Å². The predicted molar refractivity (Wildman–Crippen MR) is 112 cm³/mol. The second kappa shape index (κ2) is 8.84. The summed E-state index contributed by atoms with van der Waals surface area (Å²) < 4.78 is 6.07. The number of piperidine rings is 1. The van der Waals surface area contributed by atoms with E-state index in [-0.39, 0.29) is 18.0 Å². The Bertz CT molecular complexity index is 963. The Morgan fingerprint density at radius 2 is 1.83 bits per heavy atom. The number of nitrogens with zero attached hydrogens (tertiary/aromatic N) is 3. The van der Waals surface area contributed by atoms with Gasteiger partial charge in [-0.3, -0.25) is 4.79 Å². The lowest BCUT2D eigenvalue weighted by Crippen LogP contribution is -2.43. The Balaban J connectivity index is 1.49. The lowest BCUT2D eigenvalue weighted by molar-refractivity contribution is -0.00672. The van der Waals surface area contributed by atoms with Crippen LogP contribution in [0.5, 0.6) is 0 Å². The van der Waals surface area contributed by atoms with Crippen molar-refractivity contribution < 1.29 is 9.53 Å². The van der Waals surface area contributed by atoms with Gasteiger partial charge in [0.2, 0.25) is 5.95 Å². The molecule has 1 saturated heterocycles. The number of amides is 1. The minimum atomic E-state index is -0.0862. The Morgan fingerprint density at radius 1 is 1.10 bits per heavy atom. The van der Waals surface area contributed by atoms with Gasteiger partial charge < -0.3 is 15.4 Å². The van der Waals surface area contributed by atoms with Gasteiger partial charge in [0.25, 0.3) is 5.91 Å². The molecular weight excluding hydrogens is 364 g/mol. The third-order valence-corrected chi connectivity index (χ3v) is 5.08. The number of aromatic nitrogens is 2. The molecule has 1 aliphatic heterocycles. The number of nitrogen functional groups attached to an aromatic ring is 1. The normalized spacial score (nSPS) is 16.6. The SMILES string of the molecule is Nc1ncc(C(=O)N2CCC[C@H](OCc3ccccc3)C2)c(-c2ccccc2)n1. The highest BCUT2D eigenvalue weighted by Gasteiger charge is 2.27. The maximum atomic E-state index is 13.3. The van der Waals surface area contributed by atoms with Gasteiger partial charge in [-0.05, 0) is 18.4 Å². The van der Waals surface area contributed by atoms with E-state index in [0.29, 0.717) is 31.0 Å². The van der Waals surface area contributed by atoms with Crippen molar-refractivity contribution >= 4 is 11.9 Å². The van der Waals surface area contributed by atoms with Crippen molar-refractivity contribution in [3.05, 3.63) is 78.0 Å². The topological polar surface area (TPSA) is 81.3 Å². The molecule has 2 N–H and O–H groups in total. The molecule has 1 fully saturated rings. The Kier molecular flexibility index (Phi) is 5.81. The Morgan fingerprint density at radius 3 is 2.59 bits per heavy atom. The van der Waals surface area contributed by atoms with Gasteiger partial charge in [0, 0.05) is 24.8 Å². The molecule has 6 nitrogen and oxygen atoms in total. The maximum Gasteiger partial charge on any atom is 0.257 e. The predicted octanol–water partition coefficient (Wildman–Crippen LogP) is 3.55. The number of carbonyl (C=O) groups excluding carboxylic acids is 1. The molecule has 2 heterocycles. The minimum Gasteiger partial charge on any atom is -0.372 e. The number of hydrogen-bond donors (Lipinski definition) is 1. The van der Waals surface area contributed by atoms with E-state index in [2.05, 4.69) is 9.97 Å². The van der Waals surface area contributed by atoms with E-state index in [0.717, 1.165) is 24.0 Å². The molecule has 2 aromatic carbocycles. The van der Waals surface area contributed by atoms with Gasteiger partial charge in [-0.2, -0.15) is 0 Å². The summed E-state index contributed by atoms with van der Waals surface area (Å²) in [4.78, 5) is 23.5. The fraction of sp³-hybridized carbons (Fsp3) is 0.261. The summed E-state index contributed by atoms with van der Waals surface area (Å²) in [6, 6.07) is 19.7. The first kappa shape index (κ1) is 19.1. The van der Waals surface area contributed by atoms with Crippen LogP contribution in [0.1, 0.15) is 28.8 Å². The first-order valence-corrected chi connectivity index (χ1v) is 9.83. The van der Waals surface area contributed by atoms with E-state index in [1.807, 2.05) is 65.6 Å². The smallest absolute Gasteiger partial charge is 0.257 e. The van der Waals surface area contributed by atoms with Gasteiger partial charge in [-0.1, -0.05) is 60.7 Å². The van der Waals surface area contributed by atoms with Crippen molar-refractivity contribution in [2.24, 2.45) is 0 Å². The maximum absolute atomic E-state index is 13.3. The molecule has 0 radical (unpaired) electrons. The first-order chi connectivity index (χ1) is 14.2. The summed E-state index contributed by atoms with van der Waals surface area (Å²) in [5.74, 6) is 0.0694. The molecule has 29 heavy (non-hydrogen) atoms. The van der Waals surface area contributed by atoms with Crippen molar-refractivity contribution in [2.75, 3.05) is 18.8 Å². The van der Waals surface area contributed by atoms with Crippen molar-refractivity contribution in [1.29, 1.82) is 0 Å². The quantitative estimate of drug-likeness (QED) is 0.723. The van der Waals surface area contributed by atoms with Crippen LogP contribution < -0.4 is 5.73 Å². The molecule has 1 aromatic heterocycles. The van der Waals surface area contributed by atoms with Gasteiger partial charge in [0.15, 0.2) is 0 Å². The van der Waals surface area contributed by atoms with Crippen LogP contribution in [0, 0.1) is 0 Å². The zero-order valence-corrected chi connectivity index (χ0v) is 16.2. The monoisotopic (exact) mass is 388 g/mol. The van der Waals surface area contributed by atoms with Gasteiger partial charge in [-0.15, -0.1) is 0 Å². The standard InChI is InChI=1S/C23H24N4O2/c24-23-25-14-20(21(26-23)18-10-5-2-6-11-18)22(28)27-13-7-12-19(15-27)29-16-17-8-3-1-4-9-17/h1-6,8-11,14,19H,7,12-13,15-16H2,(H2,24,25,26)/t19-/m0/s1. The number of hydrogen-bond acceptors (Lipinski definition) is 5. The molecule has 148 valence electrons. The van der Waals surface area contributed by atoms with Crippen LogP contribution in [0.2, 0.25) is 0 Å². The molecule has 1 aliphatic rings. The molecule has 4 rings (SSSR count). The van der Waals surface area contributed by atoms with E-state index < -0.39 is 0 Å². The molecule has 1 atom stereocenters. The molecule has 3 aromatic rings. The number of benzene rings is 2. The summed E-state index contributed by atoms with van der Waals surface area (Å²) in [7, 11) is 0. The van der Waals surface area contributed by atoms with Gasteiger partial charge >= 0.3 is 0 Å². The highest BCUT2D eigenvalue weighted by Crippen LogP contribution is 2.25. The van der Waals surface area contributed by atoms with E-state index in [4.69, 9.17) is 10.5 Å². The zero-order chi connectivity index (χ0) is 20.1. The van der Waals surface area contributed by atoms with Crippen molar-refractivity contribution in [1.82, 2.24) is 14.9 Å².